The molecule has 0 fully saturated rings. The predicted molar refractivity (Wildman–Crippen MR) is 137 cm³/mol. The number of nitrogens with one attached hydrogen (secondary N) is 1. The van der Waals surface area contributed by atoms with Crippen molar-refractivity contribution in [3.63, 3.8) is 0 Å². The van der Waals surface area contributed by atoms with Crippen LogP contribution in [0.25, 0.3) is 10.9 Å². The molecular formula is C28H22N4O5. The second-order valence-corrected chi connectivity index (χ2v) is 8.69. The zero-order valence-electron chi connectivity index (χ0n) is 20.1. The number of ether oxygens (including phenoxy) is 2. The maximum absolute atomic E-state index is 13.8. The highest BCUT2D eigenvalue weighted by atomic mass is 16.5. The average Bonchev–Trinajstić information content (AvgIpc) is 3.23. The van der Waals surface area contributed by atoms with Gasteiger partial charge in [-0.3, -0.25) is 24.3 Å². The monoisotopic (exact) mass is 494 g/mol. The zero-order chi connectivity index (χ0) is 25.7. The number of anilines is 2. The average molecular weight is 495 g/mol. The van der Waals surface area contributed by atoms with Gasteiger partial charge < -0.3 is 19.7 Å². The van der Waals surface area contributed by atoms with Crippen molar-refractivity contribution in [2.24, 2.45) is 0 Å². The maximum Gasteiger partial charge on any atom is 0.264 e. The van der Waals surface area contributed by atoms with Gasteiger partial charge in [0.25, 0.3) is 11.8 Å². The molecule has 0 bridgehead atoms. The SMILES string of the molecule is COc1ccc2c(c1OC)C(=O)N1c3ccccc3C(=O)N(CC(=O)Nc3cccc4ncccc34)[C@@H]21. The smallest absolute Gasteiger partial charge is 0.264 e. The van der Waals surface area contributed by atoms with Crippen molar-refractivity contribution in [2.45, 2.75) is 6.17 Å². The van der Waals surface area contributed by atoms with E-state index in [0.29, 0.717) is 33.8 Å². The minimum atomic E-state index is -0.815. The van der Waals surface area contributed by atoms with Crippen LogP contribution in [-0.2, 0) is 4.79 Å². The van der Waals surface area contributed by atoms with Crippen LogP contribution in [0.1, 0.15) is 32.4 Å². The maximum atomic E-state index is 13.8. The van der Waals surface area contributed by atoms with Crippen molar-refractivity contribution in [1.29, 1.82) is 0 Å². The van der Waals surface area contributed by atoms with E-state index in [4.69, 9.17) is 9.47 Å². The molecule has 0 radical (unpaired) electrons. The number of hydrogen-bond donors (Lipinski definition) is 1. The molecule has 0 spiro atoms. The highest BCUT2D eigenvalue weighted by Crippen LogP contribution is 2.49. The van der Waals surface area contributed by atoms with E-state index in [-0.39, 0.29) is 24.1 Å². The standard InChI is InChI=1S/C28H22N4O5/c1-36-22-13-12-18-24(25(22)37-2)28(35)32-21-11-4-3-7-17(21)27(34)31(26(18)32)15-23(33)30-20-10-5-9-19-16(20)8-6-14-29-19/h3-14,26H,15H2,1-2H3,(H,30,33)/t26-/m1/s1. The fourth-order valence-electron chi connectivity index (χ4n) is 5.14. The van der Waals surface area contributed by atoms with E-state index < -0.39 is 12.1 Å². The molecule has 1 aromatic heterocycles. The largest absolute Gasteiger partial charge is 0.493 e. The fourth-order valence-corrected chi connectivity index (χ4v) is 5.14. The summed E-state index contributed by atoms with van der Waals surface area (Å²) in [5.74, 6) is -0.381. The molecule has 0 aliphatic carbocycles. The van der Waals surface area contributed by atoms with Crippen molar-refractivity contribution in [2.75, 3.05) is 31.0 Å². The quantitative estimate of drug-likeness (QED) is 0.450. The van der Waals surface area contributed by atoms with E-state index >= 15 is 0 Å². The minimum absolute atomic E-state index is 0.272. The molecule has 4 aromatic rings. The molecule has 9 nitrogen and oxygen atoms in total. The molecule has 1 N–H and O–H groups in total. The molecule has 37 heavy (non-hydrogen) atoms. The number of methoxy groups -OCH3 is 2. The van der Waals surface area contributed by atoms with Crippen LogP contribution in [0.3, 0.4) is 0 Å². The molecule has 3 amide bonds. The number of aromatic nitrogens is 1. The number of hydrogen-bond acceptors (Lipinski definition) is 6. The first-order chi connectivity index (χ1) is 18.0. The second-order valence-electron chi connectivity index (χ2n) is 8.69. The number of carbonyl (C=O) groups is 3. The van der Waals surface area contributed by atoms with Gasteiger partial charge in [-0.2, -0.15) is 0 Å². The Morgan fingerprint density at radius 2 is 1.78 bits per heavy atom. The lowest BCUT2D eigenvalue weighted by atomic mass is 10.0. The lowest BCUT2D eigenvalue weighted by Crippen LogP contribution is -2.50. The molecule has 3 aromatic carbocycles. The summed E-state index contributed by atoms with van der Waals surface area (Å²) in [7, 11) is 2.96. The lowest BCUT2D eigenvalue weighted by Gasteiger charge is -2.40. The van der Waals surface area contributed by atoms with Gasteiger partial charge in [0.1, 0.15) is 12.7 Å². The van der Waals surface area contributed by atoms with Crippen LogP contribution in [0.4, 0.5) is 11.4 Å². The fraction of sp³-hybridized carbons (Fsp3) is 0.143. The summed E-state index contributed by atoms with van der Waals surface area (Å²) in [5, 5.41) is 3.70. The number of amides is 3. The van der Waals surface area contributed by atoms with Gasteiger partial charge in [0.05, 0.1) is 42.2 Å². The molecule has 6 rings (SSSR count). The van der Waals surface area contributed by atoms with Crippen LogP contribution >= 0.6 is 0 Å². The number of benzene rings is 3. The Morgan fingerprint density at radius 3 is 2.59 bits per heavy atom. The normalized spacial score (nSPS) is 15.8. The van der Waals surface area contributed by atoms with Gasteiger partial charge in [-0.15, -0.1) is 0 Å². The van der Waals surface area contributed by atoms with E-state index in [0.717, 1.165) is 10.9 Å². The Hall–Kier alpha value is -4.92. The Kier molecular flexibility index (Phi) is 5.26. The van der Waals surface area contributed by atoms with Crippen molar-refractivity contribution in [1.82, 2.24) is 9.88 Å². The third-order valence-corrected chi connectivity index (χ3v) is 6.72. The van der Waals surface area contributed by atoms with E-state index in [9.17, 15) is 14.4 Å². The number of carbonyl (C=O) groups excluding carboxylic acids is 3. The van der Waals surface area contributed by atoms with Crippen LogP contribution in [0.5, 0.6) is 11.5 Å². The Morgan fingerprint density at radius 1 is 0.946 bits per heavy atom. The van der Waals surface area contributed by atoms with Crippen LogP contribution in [0.15, 0.2) is 72.9 Å². The Balaban J connectivity index is 1.42. The number of fused-ring (bicyclic) bond motifs is 6. The van der Waals surface area contributed by atoms with E-state index in [1.54, 1.807) is 65.7 Å². The first kappa shape index (κ1) is 22.5. The van der Waals surface area contributed by atoms with Gasteiger partial charge in [0.15, 0.2) is 11.5 Å². The van der Waals surface area contributed by atoms with Crippen LogP contribution in [-0.4, -0.2) is 48.4 Å². The summed E-state index contributed by atoms with van der Waals surface area (Å²) in [6, 6.07) is 19.4. The molecule has 1 atom stereocenters. The highest BCUT2D eigenvalue weighted by molar-refractivity contribution is 6.18. The number of pyridine rings is 1. The van der Waals surface area contributed by atoms with Gasteiger partial charge in [0.2, 0.25) is 5.91 Å². The highest BCUT2D eigenvalue weighted by Gasteiger charge is 2.50. The van der Waals surface area contributed by atoms with E-state index in [1.165, 1.54) is 19.1 Å². The third kappa shape index (κ3) is 3.39. The van der Waals surface area contributed by atoms with Crippen LogP contribution < -0.4 is 19.7 Å². The van der Waals surface area contributed by atoms with Crippen molar-refractivity contribution < 1.29 is 23.9 Å². The summed E-state index contributed by atoms with van der Waals surface area (Å²) in [5.41, 5.74) is 3.02. The van der Waals surface area contributed by atoms with Crippen LogP contribution in [0.2, 0.25) is 0 Å². The predicted octanol–water partition coefficient (Wildman–Crippen LogP) is 4.01. The molecule has 3 heterocycles. The first-order valence-electron chi connectivity index (χ1n) is 11.7. The van der Waals surface area contributed by atoms with Gasteiger partial charge >= 0.3 is 0 Å². The summed E-state index contributed by atoms with van der Waals surface area (Å²) in [6.07, 6.45) is 0.870. The summed E-state index contributed by atoms with van der Waals surface area (Å²) in [6.45, 7) is -0.272. The van der Waals surface area contributed by atoms with Gasteiger partial charge in [-0.25, -0.2) is 0 Å². The molecule has 2 aliphatic rings. The number of nitrogens with zero attached hydrogens (tertiary/aromatic N) is 3. The number of para-hydroxylation sites is 1. The number of rotatable bonds is 5. The molecule has 0 unspecified atom stereocenters. The third-order valence-electron chi connectivity index (χ3n) is 6.72. The van der Waals surface area contributed by atoms with Crippen molar-refractivity contribution >= 4 is 40.0 Å². The van der Waals surface area contributed by atoms with Gasteiger partial charge in [-0.05, 0) is 42.5 Å². The Labute approximate surface area is 212 Å². The van der Waals surface area contributed by atoms with Gasteiger partial charge in [-0.1, -0.05) is 24.3 Å². The zero-order valence-corrected chi connectivity index (χ0v) is 20.1. The second kappa shape index (κ2) is 8.63. The van der Waals surface area contributed by atoms with Crippen LogP contribution in [0, 0.1) is 0 Å². The molecule has 0 saturated heterocycles. The van der Waals surface area contributed by atoms with Gasteiger partial charge in [0, 0.05) is 17.1 Å². The molecule has 9 heteroatoms. The summed E-state index contributed by atoms with van der Waals surface area (Å²) >= 11 is 0. The van der Waals surface area contributed by atoms with E-state index in [2.05, 4.69) is 10.3 Å². The van der Waals surface area contributed by atoms with Crippen molar-refractivity contribution in [3.05, 3.63) is 89.6 Å². The first-order valence-corrected chi connectivity index (χ1v) is 11.7. The minimum Gasteiger partial charge on any atom is -0.493 e. The topological polar surface area (TPSA) is 101 Å². The molecule has 0 saturated carbocycles. The molecule has 2 aliphatic heterocycles. The summed E-state index contributed by atoms with van der Waals surface area (Å²) in [4.78, 5) is 48.1. The molecule has 184 valence electrons. The Bertz CT molecular complexity index is 1600. The van der Waals surface area contributed by atoms with E-state index in [1.807, 2.05) is 12.1 Å². The van der Waals surface area contributed by atoms with Crippen molar-refractivity contribution in [3.8, 4) is 11.5 Å². The lowest BCUT2D eigenvalue weighted by molar-refractivity contribution is -0.117. The summed E-state index contributed by atoms with van der Waals surface area (Å²) < 4.78 is 10.9. The molecular weight excluding hydrogens is 472 g/mol.